The lowest BCUT2D eigenvalue weighted by molar-refractivity contribution is 0.112. The Morgan fingerprint density at radius 3 is 2.92 bits per heavy atom. The maximum atomic E-state index is 10.3. The molecule has 1 aromatic heterocycles. The molecule has 0 radical (unpaired) electrons. The Bertz CT molecular complexity index is 253. The zero-order valence-corrected chi connectivity index (χ0v) is 8.06. The third-order valence-electron chi connectivity index (χ3n) is 1.30. The van der Waals surface area contributed by atoms with Gasteiger partial charge in [0.05, 0.1) is 11.5 Å². The minimum atomic E-state index is 0.518. The summed E-state index contributed by atoms with van der Waals surface area (Å²) in [6.07, 6.45) is 0.840. The zero-order valence-electron chi connectivity index (χ0n) is 7.24. The van der Waals surface area contributed by atoms with Crippen molar-refractivity contribution in [2.45, 2.75) is 13.8 Å². The Hall–Kier alpha value is -0.830. The zero-order chi connectivity index (χ0) is 8.97. The van der Waals surface area contributed by atoms with Crippen molar-refractivity contribution in [2.75, 3.05) is 6.61 Å². The summed E-state index contributed by atoms with van der Waals surface area (Å²) in [6.45, 7) is 4.88. The standard InChI is InChI=1S/C9H12O2S/c1-7(2)5-11-8-3-9(4-10)12-6-8/h3-4,6-7H,5H2,1-2H3. The van der Waals surface area contributed by atoms with Crippen LogP contribution in [-0.4, -0.2) is 12.9 Å². The molecule has 12 heavy (non-hydrogen) atoms. The van der Waals surface area contributed by atoms with Gasteiger partial charge in [-0.05, 0) is 5.92 Å². The summed E-state index contributed by atoms with van der Waals surface area (Å²) < 4.78 is 5.40. The molecule has 0 amide bonds. The molecule has 0 aromatic carbocycles. The van der Waals surface area contributed by atoms with Gasteiger partial charge in [-0.1, -0.05) is 13.8 Å². The van der Waals surface area contributed by atoms with Gasteiger partial charge >= 0.3 is 0 Å². The Kier molecular flexibility index (Phi) is 3.29. The highest BCUT2D eigenvalue weighted by molar-refractivity contribution is 7.11. The number of carbonyl (C=O) groups is 1. The molecule has 0 unspecified atom stereocenters. The predicted octanol–water partition coefficient (Wildman–Crippen LogP) is 2.60. The summed E-state index contributed by atoms with van der Waals surface area (Å²) in [5.41, 5.74) is 0. The smallest absolute Gasteiger partial charge is 0.160 e. The highest BCUT2D eigenvalue weighted by Gasteiger charge is 2.00. The molecule has 0 aliphatic heterocycles. The number of hydrogen-bond acceptors (Lipinski definition) is 3. The highest BCUT2D eigenvalue weighted by atomic mass is 32.1. The molecule has 1 rings (SSSR count). The normalized spacial score (nSPS) is 10.2. The average molecular weight is 184 g/mol. The van der Waals surface area contributed by atoms with Crippen LogP contribution in [0, 0.1) is 5.92 Å². The van der Waals surface area contributed by atoms with Crippen molar-refractivity contribution >= 4 is 17.6 Å². The Morgan fingerprint density at radius 2 is 2.42 bits per heavy atom. The van der Waals surface area contributed by atoms with Crippen LogP contribution in [0.5, 0.6) is 5.75 Å². The van der Waals surface area contributed by atoms with Crippen LogP contribution in [0.25, 0.3) is 0 Å². The molecule has 0 atom stereocenters. The topological polar surface area (TPSA) is 26.3 Å². The molecule has 2 nitrogen and oxygen atoms in total. The summed E-state index contributed by atoms with van der Waals surface area (Å²) in [5, 5.41) is 1.85. The molecule has 0 aliphatic rings. The summed E-state index contributed by atoms with van der Waals surface area (Å²) >= 11 is 1.41. The van der Waals surface area contributed by atoms with Gasteiger partial charge in [0.1, 0.15) is 5.75 Å². The van der Waals surface area contributed by atoms with E-state index in [1.807, 2.05) is 5.38 Å². The van der Waals surface area contributed by atoms with Crippen LogP contribution in [0.3, 0.4) is 0 Å². The average Bonchev–Trinajstić information content (AvgIpc) is 2.48. The van der Waals surface area contributed by atoms with Crippen molar-refractivity contribution in [3.63, 3.8) is 0 Å². The molecule has 0 saturated carbocycles. The third kappa shape index (κ3) is 2.66. The number of aldehydes is 1. The van der Waals surface area contributed by atoms with Crippen LogP contribution in [0.15, 0.2) is 11.4 Å². The van der Waals surface area contributed by atoms with Crippen molar-refractivity contribution in [1.82, 2.24) is 0 Å². The van der Waals surface area contributed by atoms with Crippen LogP contribution >= 0.6 is 11.3 Å². The predicted molar refractivity (Wildman–Crippen MR) is 50.0 cm³/mol. The fourth-order valence-corrected chi connectivity index (χ4v) is 1.36. The minimum absolute atomic E-state index is 0.518. The lowest BCUT2D eigenvalue weighted by Crippen LogP contribution is -2.03. The molecule has 0 spiro atoms. The molecular weight excluding hydrogens is 172 g/mol. The molecule has 0 fully saturated rings. The third-order valence-corrected chi connectivity index (χ3v) is 2.13. The molecule has 0 bridgehead atoms. The van der Waals surface area contributed by atoms with Gasteiger partial charge in [-0.15, -0.1) is 11.3 Å². The van der Waals surface area contributed by atoms with Crippen LogP contribution in [0.4, 0.5) is 0 Å². The van der Waals surface area contributed by atoms with E-state index in [0.29, 0.717) is 17.4 Å². The van der Waals surface area contributed by atoms with Crippen LogP contribution in [0.1, 0.15) is 23.5 Å². The van der Waals surface area contributed by atoms with E-state index in [0.717, 1.165) is 12.0 Å². The number of thiophene rings is 1. The largest absolute Gasteiger partial charge is 0.492 e. The minimum Gasteiger partial charge on any atom is -0.492 e. The molecular formula is C9H12O2S. The van der Waals surface area contributed by atoms with Gasteiger partial charge in [-0.25, -0.2) is 0 Å². The molecule has 3 heteroatoms. The van der Waals surface area contributed by atoms with Gasteiger partial charge < -0.3 is 4.74 Å². The fourth-order valence-electron chi connectivity index (χ4n) is 0.735. The van der Waals surface area contributed by atoms with E-state index in [1.165, 1.54) is 11.3 Å². The van der Waals surface area contributed by atoms with Gasteiger partial charge in [-0.3, -0.25) is 4.79 Å². The molecule has 1 aromatic rings. The van der Waals surface area contributed by atoms with Crippen molar-refractivity contribution in [1.29, 1.82) is 0 Å². The van der Waals surface area contributed by atoms with Gasteiger partial charge in [0, 0.05) is 11.4 Å². The second kappa shape index (κ2) is 4.26. The first-order valence-corrected chi connectivity index (χ1v) is 4.77. The molecule has 0 saturated heterocycles. The number of carbonyl (C=O) groups excluding carboxylic acids is 1. The summed E-state index contributed by atoms with van der Waals surface area (Å²) in [5.74, 6) is 1.32. The van der Waals surface area contributed by atoms with Gasteiger partial charge in [0.15, 0.2) is 6.29 Å². The first kappa shape index (κ1) is 9.26. The van der Waals surface area contributed by atoms with Gasteiger partial charge in [0.2, 0.25) is 0 Å². The number of hydrogen-bond donors (Lipinski definition) is 0. The van der Waals surface area contributed by atoms with E-state index in [9.17, 15) is 4.79 Å². The Morgan fingerprint density at radius 1 is 1.67 bits per heavy atom. The fraction of sp³-hybridized carbons (Fsp3) is 0.444. The monoisotopic (exact) mass is 184 g/mol. The number of ether oxygens (including phenoxy) is 1. The van der Waals surface area contributed by atoms with E-state index in [4.69, 9.17) is 4.74 Å². The van der Waals surface area contributed by atoms with E-state index in [1.54, 1.807) is 6.07 Å². The van der Waals surface area contributed by atoms with Gasteiger partial charge in [-0.2, -0.15) is 0 Å². The highest BCUT2D eigenvalue weighted by Crippen LogP contribution is 2.20. The second-order valence-corrected chi connectivity index (χ2v) is 3.95. The van der Waals surface area contributed by atoms with Gasteiger partial charge in [0.25, 0.3) is 0 Å². The van der Waals surface area contributed by atoms with Crippen LogP contribution in [-0.2, 0) is 0 Å². The summed E-state index contributed by atoms with van der Waals surface area (Å²) in [7, 11) is 0. The molecule has 0 N–H and O–H groups in total. The lowest BCUT2D eigenvalue weighted by atomic mass is 10.2. The van der Waals surface area contributed by atoms with Crippen LogP contribution in [0.2, 0.25) is 0 Å². The van der Waals surface area contributed by atoms with Crippen molar-refractivity contribution in [3.05, 3.63) is 16.3 Å². The maximum absolute atomic E-state index is 10.3. The lowest BCUT2D eigenvalue weighted by Gasteiger charge is -2.05. The van der Waals surface area contributed by atoms with E-state index >= 15 is 0 Å². The molecule has 1 heterocycles. The molecule has 0 aliphatic carbocycles. The summed E-state index contributed by atoms with van der Waals surface area (Å²) in [6, 6.07) is 1.76. The second-order valence-electron chi connectivity index (χ2n) is 3.01. The van der Waals surface area contributed by atoms with E-state index in [-0.39, 0.29) is 0 Å². The Labute approximate surface area is 76.2 Å². The van der Waals surface area contributed by atoms with Crippen molar-refractivity contribution < 1.29 is 9.53 Å². The van der Waals surface area contributed by atoms with E-state index < -0.39 is 0 Å². The first-order valence-electron chi connectivity index (χ1n) is 3.89. The van der Waals surface area contributed by atoms with E-state index in [2.05, 4.69) is 13.8 Å². The Balaban J connectivity index is 2.47. The summed E-state index contributed by atoms with van der Waals surface area (Å²) in [4.78, 5) is 11.0. The van der Waals surface area contributed by atoms with Crippen LogP contribution < -0.4 is 4.74 Å². The van der Waals surface area contributed by atoms with Crippen molar-refractivity contribution in [3.8, 4) is 5.75 Å². The molecule has 66 valence electrons. The first-order chi connectivity index (χ1) is 5.72. The van der Waals surface area contributed by atoms with Crippen molar-refractivity contribution in [2.24, 2.45) is 5.92 Å². The quantitative estimate of drug-likeness (QED) is 0.672. The SMILES string of the molecule is CC(C)COc1csc(C=O)c1. The number of rotatable bonds is 4. The maximum Gasteiger partial charge on any atom is 0.160 e.